The number of phenols is 1. The quantitative estimate of drug-likeness (QED) is 0.633. The van der Waals surface area contributed by atoms with Gasteiger partial charge in [-0.25, -0.2) is 0 Å². The van der Waals surface area contributed by atoms with Crippen LogP contribution < -0.4 is 5.32 Å². The molecule has 0 aliphatic heterocycles. The van der Waals surface area contributed by atoms with E-state index < -0.39 is 17.6 Å². The Labute approximate surface area is 162 Å². The van der Waals surface area contributed by atoms with E-state index in [2.05, 4.69) is 37.2 Å². The Morgan fingerprint density at radius 1 is 1.36 bits per heavy atom. The van der Waals surface area contributed by atoms with Gasteiger partial charge >= 0.3 is 5.97 Å². The molecule has 0 fully saturated rings. The van der Waals surface area contributed by atoms with Crippen molar-refractivity contribution in [3.05, 3.63) is 26.8 Å². The molecule has 0 saturated heterocycles. The van der Waals surface area contributed by atoms with Crippen molar-refractivity contribution in [1.82, 2.24) is 5.32 Å². The number of furan rings is 1. The minimum Gasteiger partial charge on any atom is -0.506 e. The highest BCUT2D eigenvalue weighted by Crippen LogP contribution is 2.40. The normalized spacial score (nSPS) is 12.9. The summed E-state index contributed by atoms with van der Waals surface area (Å²) >= 11 is 6.49. The van der Waals surface area contributed by atoms with E-state index in [1.54, 1.807) is 33.8 Å². The summed E-state index contributed by atoms with van der Waals surface area (Å²) in [6.45, 7) is 7.07. The van der Waals surface area contributed by atoms with E-state index in [0.29, 0.717) is 19.9 Å². The molecule has 1 aromatic heterocycles. The maximum Gasteiger partial charge on any atom is 0.308 e. The summed E-state index contributed by atoms with van der Waals surface area (Å²) in [6, 6.07) is 1.16. The molecule has 25 heavy (non-hydrogen) atoms. The van der Waals surface area contributed by atoms with Crippen LogP contribution >= 0.6 is 31.9 Å². The van der Waals surface area contributed by atoms with Gasteiger partial charge < -0.3 is 19.6 Å². The molecule has 1 atom stereocenters. The average Bonchev–Trinajstić information content (AvgIpc) is 2.86. The van der Waals surface area contributed by atoms with Crippen molar-refractivity contribution in [2.75, 3.05) is 0 Å². The topological polar surface area (TPSA) is 88.8 Å². The van der Waals surface area contributed by atoms with Crippen molar-refractivity contribution in [3.63, 3.8) is 0 Å². The van der Waals surface area contributed by atoms with Gasteiger partial charge in [0.1, 0.15) is 23.2 Å². The van der Waals surface area contributed by atoms with Crippen LogP contribution in [0.25, 0.3) is 11.0 Å². The van der Waals surface area contributed by atoms with Crippen molar-refractivity contribution < 1.29 is 23.8 Å². The maximum atomic E-state index is 12.5. The Hall–Kier alpha value is -1.54. The third kappa shape index (κ3) is 4.76. The number of esters is 1. The lowest BCUT2D eigenvalue weighted by Crippen LogP contribution is -2.36. The van der Waals surface area contributed by atoms with E-state index in [0.717, 1.165) is 0 Å². The Morgan fingerprint density at radius 2 is 2.00 bits per heavy atom. The van der Waals surface area contributed by atoms with E-state index in [9.17, 15) is 14.7 Å². The van der Waals surface area contributed by atoms with Crippen molar-refractivity contribution in [2.45, 2.75) is 45.8 Å². The summed E-state index contributed by atoms with van der Waals surface area (Å²) in [5, 5.41) is 13.2. The minimum atomic E-state index is -0.572. The van der Waals surface area contributed by atoms with Crippen LogP contribution in [-0.4, -0.2) is 28.6 Å². The minimum absolute atomic E-state index is 0.0234. The molecule has 0 radical (unpaired) electrons. The molecular weight excluding hydrogens is 458 g/mol. The molecule has 0 aliphatic carbocycles. The molecule has 6 nitrogen and oxygen atoms in total. The SMILES string of the molecule is CC(CC(=O)OC(C)(C)C)NC(=O)c1coc2cc(Br)c(O)c(Br)c12. The van der Waals surface area contributed by atoms with Crippen LogP contribution in [0.5, 0.6) is 5.75 Å². The summed E-state index contributed by atoms with van der Waals surface area (Å²) in [5.74, 6) is -0.818. The molecule has 1 unspecified atom stereocenters. The highest BCUT2D eigenvalue weighted by atomic mass is 79.9. The molecule has 136 valence electrons. The first-order valence-corrected chi connectivity index (χ1v) is 9.19. The predicted octanol–water partition coefficient (Wildman–Crippen LogP) is 4.51. The first kappa shape index (κ1) is 19.8. The van der Waals surface area contributed by atoms with Gasteiger partial charge in [0.15, 0.2) is 0 Å². The summed E-state index contributed by atoms with van der Waals surface area (Å²) in [5.41, 5.74) is 0.138. The lowest BCUT2D eigenvalue weighted by Gasteiger charge is -2.21. The van der Waals surface area contributed by atoms with Crippen LogP contribution in [-0.2, 0) is 9.53 Å². The number of aromatic hydroxyl groups is 1. The largest absolute Gasteiger partial charge is 0.506 e. The molecule has 8 heteroatoms. The van der Waals surface area contributed by atoms with Gasteiger partial charge in [0.05, 0.1) is 26.3 Å². The summed E-state index contributed by atoms with van der Waals surface area (Å²) in [7, 11) is 0. The van der Waals surface area contributed by atoms with Gasteiger partial charge in [-0.05, 0) is 65.6 Å². The molecule has 0 bridgehead atoms. The fourth-order valence-corrected chi connectivity index (χ4v) is 3.56. The Balaban J connectivity index is 2.15. The third-order valence-electron chi connectivity index (χ3n) is 3.25. The summed E-state index contributed by atoms with van der Waals surface area (Å²) < 4.78 is 11.4. The Morgan fingerprint density at radius 3 is 2.60 bits per heavy atom. The number of amides is 1. The number of fused-ring (bicyclic) bond motifs is 1. The molecular formula is C17H19Br2NO5. The predicted molar refractivity (Wildman–Crippen MR) is 101 cm³/mol. The number of benzene rings is 1. The molecule has 2 rings (SSSR count). The van der Waals surface area contributed by atoms with Gasteiger partial charge in [-0.2, -0.15) is 0 Å². The molecule has 1 aromatic carbocycles. The van der Waals surface area contributed by atoms with E-state index in [1.807, 2.05) is 0 Å². The summed E-state index contributed by atoms with van der Waals surface area (Å²) in [6.07, 6.45) is 1.37. The molecule has 2 N–H and O–H groups in total. The number of carbonyl (C=O) groups is 2. The van der Waals surface area contributed by atoms with Crippen molar-refractivity contribution in [3.8, 4) is 5.75 Å². The Kier molecular flexibility index (Phi) is 5.83. The number of rotatable bonds is 4. The molecule has 0 spiro atoms. The van der Waals surface area contributed by atoms with Crippen molar-refractivity contribution >= 4 is 54.7 Å². The molecule has 0 aliphatic rings. The van der Waals surface area contributed by atoms with Crippen LogP contribution in [0.2, 0.25) is 0 Å². The van der Waals surface area contributed by atoms with Gasteiger partial charge in [0.25, 0.3) is 5.91 Å². The second-order valence-corrected chi connectivity index (χ2v) is 8.36. The van der Waals surface area contributed by atoms with E-state index >= 15 is 0 Å². The van der Waals surface area contributed by atoms with Crippen LogP contribution in [0.15, 0.2) is 25.7 Å². The number of nitrogens with one attached hydrogen (secondary N) is 1. The smallest absolute Gasteiger partial charge is 0.308 e. The lowest BCUT2D eigenvalue weighted by molar-refractivity contribution is -0.155. The maximum absolute atomic E-state index is 12.5. The fourth-order valence-electron chi connectivity index (χ4n) is 2.27. The highest BCUT2D eigenvalue weighted by Gasteiger charge is 2.23. The van der Waals surface area contributed by atoms with Gasteiger partial charge in [0.2, 0.25) is 0 Å². The van der Waals surface area contributed by atoms with E-state index in [4.69, 9.17) is 9.15 Å². The van der Waals surface area contributed by atoms with E-state index in [-0.39, 0.29) is 23.7 Å². The third-order valence-corrected chi connectivity index (χ3v) is 4.62. The zero-order valence-electron chi connectivity index (χ0n) is 14.3. The Bertz CT molecular complexity index is 823. The first-order chi connectivity index (χ1) is 11.5. The first-order valence-electron chi connectivity index (χ1n) is 7.60. The van der Waals surface area contributed by atoms with E-state index in [1.165, 1.54) is 6.26 Å². The highest BCUT2D eigenvalue weighted by molar-refractivity contribution is 9.11. The van der Waals surface area contributed by atoms with Crippen molar-refractivity contribution in [1.29, 1.82) is 0 Å². The standard InChI is InChI=1S/C17H19Br2NO5/c1-8(5-12(21)25-17(2,3)4)20-16(23)9-7-24-11-6-10(18)15(22)14(19)13(9)11/h6-8,22H,5H2,1-4H3,(H,20,23). The second-order valence-electron chi connectivity index (χ2n) is 6.71. The van der Waals surface area contributed by atoms with Crippen LogP contribution in [0.3, 0.4) is 0 Å². The molecule has 1 amide bonds. The monoisotopic (exact) mass is 475 g/mol. The van der Waals surface area contributed by atoms with Crippen molar-refractivity contribution in [2.24, 2.45) is 0 Å². The summed E-state index contributed by atoms with van der Waals surface area (Å²) in [4.78, 5) is 24.4. The number of halogens is 2. The van der Waals surface area contributed by atoms with Gasteiger partial charge in [-0.3, -0.25) is 9.59 Å². The second kappa shape index (κ2) is 7.37. The average molecular weight is 477 g/mol. The van der Waals surface area contributed by atoms with Crippen LogP contribution in [0.1, 0.15) is 44.5 Å². The number of hydrogen-bond donors (Lipinski definition) is 2. The number of hydrogen-bond acceptors (Lipinski definition) is 5. The zero-order valence-corrected chi connectivity index (χ0v) is 17.4. The van der Waals surface area contributed by atoms with Gasteiger partial charge in [-0.1, -0.05) is 0 Å². The zero-order chi connectivity index (χ0) is 18.9. The van der Waals surface area contributed by atoms with Crippen LogP contribution in [0.4, 0.5) is 0 Å². The lowest BCUT2D eigenvalue weighted by atomic mass is 10.1. The van der Waals surface area contributed by atoms with Gasteiger partial charge in [0, 0.05) is 6.04 Å². The van der Waals surface area contributed by atoms with Gasteiger partial charge in [-0.15, -0.1) is 0 Å². The number of carbonyl (C=O) groups excluding carboxylic acids is 2. The van der Waals surface area contributed by atoms with Crippen LogP contribution in [0, 0.1) is 0 Å². The molecule has 2 aromatic rings. The molecule has 0 saturated carbocycles. The number of ether oxygens (including phenoxy) is 1. The number of phenolic OH excluding ortho intramolecular Hbond substituents is 1. The fraction of sp³-hybridized carbons (Fsp3) is 0.412. The molecule has 1 heterocycles.